The molecular weight excluding hydrogens is 286 g/mol. The molecule has 4 nitrogen and oxygen atoms in total. The summed E-state index contributed by atoms with van der Waals surface area (Å²) < 4.78 is 2.00. The highest BCUT2D eigenvalue weighted by Crippen LogP contribution is 2.27. The van der Waals surface area contributed by atoms with Crippen molar-refractivity contribution < 1.29 is 4.79 Å². The highest BCUT2D eigenvalue weighted by molar-refractivity contribution is 6.32. The number of amides is 1. The van der Waals surface area contributed by atoms with Gasteiger partial charge in [0, 0.05) is 29.4 Å². The molecule has 2 rings (SSSR count). The van der Waals surface area contributed by atoms with Crippen LogP contribution in [0.2, 0.25) is 0 Å². The van der Waals surface area contributed by atoms with Gasteiger partial charge in [-0.2, -0.15) is 5.10 Å². The van der Waals surface area contributed by atoms with E-state index in [1.807, 2.05) is 11.6 Å². The van der Waals surface area contributed by atoms with Gasteiger partial charge in [0.15, 0.2) is 0 Å². The van der Waals surface area contributed by atoms with Crippen LogP contribution in [0, 0.1) is 19.8 Å². The summed E-state index contributed by atoms with van der Waals surface area (Å²) in [5, 5.41) is 8.20. The fourth-order valence-corrected chi connectivity index (χ4v) is 3.01. The Morgan fingerprint density at radius 3 is 2.76 bits per heavy atom. The van der Waals surface area contributed by atoms with Gasteiger partial charge in [-0.25, -0.2) is 0 Å². The van der Waals surface area contributed by atoms with E-state index in [4.69, 9.17) is 11.6 Å². The molecule has 0 saturated carbocycles. The quantitative estimate of drug-likeness (QED) is 0.907. The Kier molecular flexibility index (Phi) is 5.45. The van der Waals surface area contributed by atoms with Crippen LogP contribution in [0.1, 0.15) is 44.0 Å². The molecule has 1 aromatic heterocycles. The SMILES string of the molecule is Cc1cc(C)n(CC(C)CNC(=O)C2=C(Cl)CCCC2)n1. The Labute approximate surface area is 131 Å². The molecule has 0 aliphatic heterocycles. The van der Waals surface area contributed by atoms with Crippen molar-refractivity contribution in [2.45, 2.75) is 53.0 Å². The van der Waals surface area contributed by atoms with E-state index in [1.165, 1.54) is 0 Å². The van der Waals surface area contributed by atoms with Crippen molar-refractivity contribution >= 4 is 17.5 Å². The van der Waals surface area contributed by atoms with Gasteiger partial charge in [0.1, 0.15) is 0 Å². The van der Waals surface area contributed by atoms with Crippen molar-refractivity contribution in [3.63, 3.8) is 0 Å². The molecule has 5 heteroatoms. The van der Waals surface area contributed by atoms with E-state index in [2.05, 4.69) is 30.3 Å². The van der Waals surface area contributed by atoms with Gasteiger partial charge in [-0.05, 0) is 51.5 Å². The second-order valence-corrected chi connectivity index (χ2v) is 6.47. The minimum Gasteiger partial charge on any atom is -0.352 e. The summed E-state index contributed by atoms with van der Waals surface area (Å²) in [6, 6.07) is 2.07. The van der Waals surface area contributed by atoms with Crippen molar-refractivity contribution in [2.75, 3.05) is 6.54 Å². The number of hydrogen-bond acceptors (Lipinski definition) is 2. The number of allylic oxidation sites excluding steroid dienone is 1. The van der Waals surface area contributed by atoms with Crippen molar-refractivity contribution in [3.8, 4) is 0 Å². The molecule has 116 valence electrons. The first-order valence-electron chi connectivity index (χ1n) is 7.64. The van der Waals surface area contributed by atoms with Crippen LogP contribution >= 0.6 is 11.6 Å². The second-order valence-electron chi connectivity index (χ2n) is 6.01. The van der Waals surface area contributed by atoms with E-state index in [1.54, 1.807) is 0 Å². The smallest absolute Gasteiger partial charge is 0.248 e. The Hall–Kier alpha value is -1.29. The molecule has 1 heterocycles. The summed E-state index contributed by atoms with van der Waals surface area (Å²) in [4.78, 5) is 12.2. The monoisotopic (exact) mass is 309 g/mol. The summed E-state index contributed by atoms with van der Waals surface area (Å²) in [6.07, 6.45) is 3.78. The minimum absolute atomic E-state index is 0.0000761. The molecule has 1 aliphatic rings. The standard InChI is InChI=1S/C16H24ClN3O/c1-11(10-20-13(3)8-12(2)19-20)9-18-16(21)14-6-4-5-7-15(14)17/h8,11H,4-7,9-10H2,1-3H3,(H,18,21). The van der Waals surface area contributed by atoms with Gasteiger partial charge < -0.3 is 5.32 Å². The molecule has 1 unspecified atom stereocenters. The fourth-order valence-electron chi connectivity index (χ4n) is 2.70. The molecule has 1 aromatic rings. The lowest BCUT2D eigenvalue weighted by atomic mass is 9.98. The van der Waals surface area contributed by atoms with Crippen LogP contribution in [0.3, 0.4) is 0 Å². The third kappa shape index (κ3) is 4.34. The number of aryl methyl sites for hydroxylation is 2. The third-order valence-electron chi connectivity index (χ3n) is 3.87. The molecule has 1 N–H and O–H groups in total. The molecule has 0 saturated heterocycles. The molecule has 21 heavy (non-hydrogen) atoms. The lowest BCUT2D eigenvalue weighted by Gasteiger charge is -2.18. The minimum atomic E-state index is -0.0000761. The van der Waals surface area contributed by atoms with Crippen molar-refractivity contribution in [1.82, 2.24) is 15.1 Å². The van der Waals surface area contributed by atoms with E-state index in [9.17, 15) is 4.79 Å². The van der Waals surface area contributed by atoms with Crippen LogP contribution < -0.4 is 5.32 Å². The van der Waals surface area contributed by atoms with Crippen LogP contribution in [-0.2, 0) is 11.3 Å². The van der Waals surface area contributed by atoms with Crippen molar-refractivity contribution in [3.05, 3.63) is 28.1 Å². The third-order valence-corrected chi connectivity index (χ3v) is 4.29. The average molecular weight is 310 g/mol. The molecule has 0 fully saturated rings. The van der Waals surface area contributed by atoms with Gasteiger partial charge in [0.25, 0.3) is 0 Å². The number of carbonyl (C=O) groups is 1. The van der Waals surface area contributed by atoms with E-state index in [0.29, 0.717) is 12.5 Å². The number of halogens is 1. The zero-order valence-electron chi connectivity index (χ0n) is 13.1. The molecule has 0 aromatic carbocycles. The number of rotatable bonds is 5. The first-order chi connectivity index (χ1) is 9.97. The Bertz CT molecular complexity index is 548. The molecule has 0 bridgehead atoms. The number of aromatic nitrogens is 2. The van der Waals surface area contributed by atoms with Crippen LogP contribution in [-0.4, -0.2) is 22.2 Å². The molecule has 0 radical (unpaired) electrons. The Morgan fingerprint density at radius 2 is 2.14 bits per heavy atom. The zero-order chi connectivity index (χ0) is 15.4. The van der Waals surface area contributed by atoms with Gasteiger partial charge in [-0.1, -0.05) is 18.5 Å². The summed E-state index contributed by atoms with van der Waals surface area (Å²) in [6.45, 7) is 7.62. The van der Waals surface area contributed by atoms with E-state index < -0.39 is 0 Å². The van der Waals surface area contributed by atoms with Crippen molar-refractivity contribution in [1.29, 1.82) is 0 Å². The van der Waals surface area contributed by atoms with Crippen LogP contribution in [0.15, 0.2) is 16.7 Å². The molecule has 1 aliphatic carbocycles. The molecule has 1 atom stereocenters. The number of nitrogens with one attached hydrogen (secondary N) is 1. The normalized spacial score (nSPS) is 17.0. The van der Waals surface area contributed by atoms with Gasteiger partial charge in [0.05, 0.1) is 5.69 Å². The van der Waals surface area contributed by atoms with Gasteiger partial charge in [-0.3, -0.25) is 9.48 Å². The predicted octanol–water partition coefficient (Wildman–Crippen LogP) is 3.32. The Balaban J connectivity index is 1.85. The van der Waals surface area contributed by atoms with Gasteiger partial charge in [0.2, 0.25) is 5.91 Å². The maximum absolute atomic E-state index is 12.2. The summed E-state index contributed by atoms with van der Waals surface area (Å²) >= 11 is 6.15. The first-order valence-corrected chi connectivity index (χ1v) is 8.02. The number of hydrogen-bond donors (Lipinski definition) is 1. The maximum Gasteiger partial charge on any atom is 0.248 e. The number of nitrogens with zero attached hydrogens (tertiary/aromatic N) is 2. The van der Waals surface area contributed by atoms with E-state index >= 15 is 0 Å². The van der Waals surface area contributed by atoms with E-state index in [-0.39, 0.29) is 5.91 Å². The second kappa shape index (κ2) is 7.12. The zero-order valence-corrected chi connectivity index (χ0v) is 13.8. The molecular formula is C16H24ClN3O. The highest BCUT2D eigenvalue weighted by atomic mass is 35.5. The van der Waals surface area contributed by atoms with Gasteiger partial charge >= 0.3 is 0 Å². The fraction of sp³-hybridized carbons (Fsp3) is 0.625. The largest absolute Gasteiger partial charge is 0.352 e. The molecule has 1 amide bonds. The maximum atomic E-state index is 12.2. The lowest BCUT2D eigenvalue weighted by Crippen LogP contribution is -2.32. The number of carbonyl (C=O) groups excluding carboxylic acids is 1. The van der Waals surface area contributed by atoms with Crippen LogP contribution in [0.5, 0.6) is 0 Å². The van der Waals surface area contributed by atoms with Crippen molar-refractivity contribution in [2.24, 2.45) is 5.92 Å². The predicted molar refractivity (Wildman–Crippen MR) is 85.2 cm³/mol. The first kappa shape index (κ1) is 16.1. The topological polar surface area (TPSA) is 46.9 Å². The summed E-state index contributed by atoms with van der Waals surface area (Å²) in [5.74, 6) is 0.329. The summed E-state index contributed by atoms with van der Waals surface area (Å²) in [7, 11) is 0. The Morgan fingerprint density at radius 1 is 1.43 bits per heavy atom. The summed E-state index contributed by atoms with van der Waals surface area (Å²) in [5.41, 5.74) is 2.97. The average Bonchev–Trinajstić information content (AvgIpc) is 2.74. The van der Waals surface area contributed by atoms with Crippen LogP contribution in [0.4, 0.5) is 0 Å². The van der Waals surface area contributed by atoms with E-state index in [0.717, 1.165) is 54.2 Å². The van der Waals surface area contributed by atoms with Gasteiger partial charge in [-0.15, -0.1) is 0 Å². The highest BCUT2D eigenvalue weighted by Gasteiger charge is 2.18. The lowest BCUT2D eigenvalue weighted by molar-refractivity contribution is -0.117. The molecule has 0 spiro atoms. The van der Waals surface area contributed by atoms with Crippen LogP contribution in [0.25, 0.3) is 0 Å².